The molecule has 0 bridgehead atoms. The first kappa shape index (κ1) is 48.8. The minimum Gasteiger partial charge on any atom is -0.508 e. The van der Waals surface area contributed by atoms with Crippen LogP contribution in [0.4, 0.5) is 0 Å². The molecule has 1 aliphatic carbocycles. The van der Waals surface area contributed by atoms with Gasteiger partial charge in [0.15, 0.2) is 23.0 Å². The third-order valence-electron chi connectivity index (χ3n) is 8.54. The third-order valence-corrected chi connectivity index (χ3v) is 8.54. The second kappa shape index (κ2) is 25.0. The van der Waals surface area contributed by atoms with Gasteiger partial charge >= 0.3 is 11.3 Å². The Morgan fingerprint density at radius 1 is 0.702 bits per heavy atom. The topological polar surface area (TPSA) is 220 Å². The fourth-order valence-electron chi connectivity index (χ4n) is 5.65. The minimum atomic E-state index is -0.611. The van der Waals surface area contributed by atoms with Crippen LogP contribution in [0.15, 0.2) is 78.6 Å². The Kier molecular flexibility index (Phi) is 21.4. The third kappa shape index (κ3) is 13.2. The monoisotopic (exact) mass is 800 g/mol. The van der Waals surface area contributed by atoms with Gasteiger partial charge in [0.05, 0.1) is 48.7 Å². The highest BCUT2D eigenvalue weighted by Gasteiger charge is 2.43. The van der Waals surface area contributed by atoms with Gasteiger partial charge in [-0.25, -0.2) is 9.59 Å². The Balaban J connectivity index is 0.000000466. The minimum absolute atomic E-state index is 0.143. The van der Waals surface area contributed by atoms with Gasteiger partial charge in [0.25, 0.3) is 12.9 Å². The molecule has 2 aromatic carbocycles. The van der Waals surface area contributed by atoms with E-state index < -0.39 is 5.63 Å². The van der Waals surface area contributed by atoms with Gasteiger partial charge in [0.2, 0.25) is 0 Å². The molecule has 2 aliphatic rings. The second-order valence-corrected chi connectivity index (χ2v) is 11.7. The van der Waals surface area contributed by atoms with Crippen LogP contribution in [0.1, 0.15) is 38.7 Å². The van der Waals surface area contributed by atoms with E-state index in [0.717, 1.165) is 45.1 Å². The molecular weight excluding hydrogens is 748 g/mol. The lowest BCUT2D eigenvalue weighted by Crippen LogP contribution is -2.46. The molecule has 6 rings (SSSR count). The van der Waals surface area contributed by atoms with Crippen LogP contribution in [-0.4, -0.2) is 90.7 Å². The average molecular weight is 801 g/mol. The molecule has 2 aromatic heterocycles. The van der Waals surface area contributed by atoms with Crippen molar-refractivity contribution in [1.29, 1.82) is 0 Å². The number of methoxy groups -OCH3 is 6. The van der Waals surface area contributed by atoms with Crippen LogP contribution in [0.3, 0.4) is 0 Å². The van der Waals surface area contributed by atoms with Crippen molar-refractivity contribution in [3.8, 4) is 57.1 Å². The largest absolute Gasteiger partial charge is 0.508 e. The quantitative estimate of drug-likeness (QED) is 0.187. The van der Waals surface area contributed by atoms with Crippen molar-refractivity contribution < 1.29 is 66.9 Å². The van der Waals surface area contributed by atoms with Crippen LogP contribution in [0.2, 0.25) is 0 Å². The average Bonchev–Trinajstić information content (AvgIpc) is 3.24. The lowest BCUT2D eigenvalue weighted by atomic mass is 9.72. The summed E-state index contributed by atoms with van der Waals surface area (Å²) >= 11 is 0. The summed E-state index contributed by atoms with van der Waals surface area (Å²) in [6.07, 6.45) is 5.17. The predicted octanol–water partition coefficient (Wildman–Crippen LogP) is 5.50. The number of hydrogen-bond donors (Lipinski definition) is 3. The fourth-order valence-corrected chi connectivity index (χ4v) is 5.65. The molecule has 3 heterocycles. The summed E-state index contributed by atoms with van der Waals surface area (Å²) in [7, 11) is 10.8. The van der Waals surface area contributed by atoms with Gasteiger partial charge in [0.1, 0.15) is 34.2 Å². The van der Waals surface area contributed by atoms with Crippen LogP contribution < -0.4 is 34.9 Å². The fraction of sp³-hybridized carbons (Fsp3) is 0.366. The van der Waals surface area contributed by atoms with Gasteiger partial charge < -0.3 is 57.3 Å². The summed E-state index contributed by atoms with van der Waals surface area (Å²) in [5.41, 5.74) is 1.66. The van der Waals surface area contributed by atoms with Crippen molar-refractivity contribution in [2.45, 2.75) is 38.7 Å². The molecule has 3 N–H and O–H groups in total. The summed E-state index contributed by atoms with van der Waals surface area (Å²) in [5.74, 6) is 3.82. The van der Waals surface area contributed by atoms with Gasteiger partial charge in [-0.05, 0) is 80.2 Å². The highest BCUT2D eigenvalue weighted by Crippen LogP contribution is 2.46. The number of aliphatic hydroxyl groups is 2. The van der Waals surface area contributed by atoms with E-state index in [4.69, 9.17) is 52.3 Å². The Hall–Kier alpha value is -6.26. The van der Waals surface area contributed by atoms with E-state index in [1.54, 1.807) is 50.6 Å². The number of fused-ring (bicyclic) bond motifs is 2. The molecule has 0 spiro atoms. The molecule has 0 radical (unpaired) electrons. The summed E-state index contributed by atoms with van der Waals surface area (Å²) < 4.78 is 45.6. The Labute approximate surface area is 330 Å². The summed E-state index contributed by atoms with van der Waals surface area (Å²) in [4.78, 5) is 41.7. The number of benzene rings is 2. The molecule has 1 saturated carbocycles. The molecule has 57 heavy (non-hydrogen) atoms. The maximum atomic E-state index is 12.6. The Morgan fingerprint density at radius 3 is 1.61 bits per heavy atom. The zero-order valence-corrected chi connectivity index (χ0v) is 33.8. The van der Waals surface area contributed by atoms with Crippen molar-refractivity contribution in [2.24, 2.45) is 5.92 Å². The summed E-state index contributed by atoms with van der Waals surface area (Å²) in [6, 6.07) is 14.6. The van der Waals surface area contributed by atoms with E-state index in [2.05, 4.69) is 23.3 Å². The van der Waals surface area contributed by atoms with E-state index in [1.165, 1.54) is 40.1 Å². The smallest absolute Gasteiger partial charge is 0.347 e. The molecule has 312 valence electrons. The van der Waals surface area contributed by atoms with Crippen molar-refractivity contribution in [3.63, 3.8) is 0 Å². The second-order valence-electron chi connectivity index (χ2n) is 11.7. The van der Waals surface area contributed by atoms with Crippen molar-refractivity contribution >= 4 is 19.0 Å². The normalized spacial score (nSPS) is 15.3. The number of carbonyl (C=O) groups is 2. The van der Waals surface area contributed by atoms with Gasteiger partial charge in [-0.3, -0.25) is 9.59 Å². The zero-order chi connectivity index (χ0) is 43.1. The van der Waals surface area contributed by atoms with E-state index in [-0.39, 0.29) is 22.7 Å². The van der Waals surface area contributed by atoms with Crippen LogP contribution in [0.25, 0.3) is 28.7 Å². The van der Waals surface area contributed by atoms with E-state index >= 15 is 0 Å². The number of ether oxygens (including phenoxy) is 7. The molecule has 1 aliphatic heterocycles. The first-order chi connectivity index (χ1) is 27.4. The standard InChI is InChI=1S/C22H24O5.C13H12O5.2C2H4O2.2CH4O/c1-13-6-5-7-15-11-16-19(27-22(13,15)2)12-18(26-21(16)23)14-8-9-17(24-3)20(10-14)25-4;1-16-10-4-3-8(5-12(10)17-2)11-6-9(14)7-13(15)18-11;2*1-4-2-3;2*1-2/h8-13H,5-7H2,1-4H3;3-7,14H,1-2H3;2*2H,1H3;2*2H,1H3/t13-,22+;;;;;/m0...../s1. The summed E-state index contributed by atoms with van der Waals surface area (Å²) in [6.45, 7) is 5.08. The number of rotatable bonds is 8. The summed E-state index contributed by atoms with van der Waals surface area (Å²) in [5, 5.41) is 23.4. The number of aliphatic hydroxyl groups excluding tert-OH is 2. The maximum absolute atomic E-state index is 12.6. The highest BCUT2D eigenvalue weighted by molar-refractivity contribution is 5.69. The maximum Gasteiger partial charge on any atom is 0.347 e. The van der Waals surface area contributed by atoms with E-state index in [0.29, 0.717) is 64.5 Å². The Morgan fingerprint density at radius 2 is 1.18 bits per heavy atom. The van der Waals surface area contributed by atoms with E-state index in [1.807, 2.05) is 12.1 Å². The lowest BCUT2D eigenvalue weighted by Gasteiger charge is -2.44. The molecule has 0 amide bonds. The molecule has 2 atom stereocenters. The first-order valence-electron chi connectivity index (χ1n) is 17.1. The number of aromatic hydroxyl groups is 1. The number of hydrogen-bond acceptors (Lipinski definition) is 16. The van der Waals surface area contributed by atoms with Crippen molar-refractivity contribution in [2.75, 3.05) is 56.9 Å². The molecule has 0 saturated heterocycles. The van der Waals surface area contributed by atoms with Crippen LogP contribution in [0.5, 0.6) is 34.5 Å². The van der Waals surface area contributed by atoms with Gasteiger partial charge in [-0.15, -0.1) is 0 Å². The molecule has 0 unspecified atom stereocenters. The molecule has 16 heteroatoms. The van der Waals surface area contributed by atoms with E-state index in [9.17, 15) is 14.7 Å². The number of carbonyl (C=O) groups excluding carboxylic acids is 2. The van der Waals surface area contributed by atoms with Crippen molar-refractivity contribution in [3.05, 3.63) is 86.6 Å². The van der Waals surface area contributed by atoms with Gasteiger partial charge in [-0.1, -0.05) is 6.92 Å². The molecule has 16 nitrogen and oxygen atoms in total. The predicted molar refractivity (Wildman–Crippen MR) is 211 cm³/mol. The SMILES string of the molecule is CO.CO.COC=O.COC=O.COc1ccc(-c2cc(O)cc(=O)o2)cc1OC.COc1ccc(-c2cc3c(c(=O)o2)C=C2CCC[C@H](C)[C@@]2(C)O3)cc1OC. The van der Waals surface area contributed by atoms with Gasteiger partial charge in [0, 0.05) is 37.5 Å². The zero-order valence-electron chi connectivity index (χ0n) is 33.8. The first-order valence-corrected chi connectivity index (χ1v) is 17.1. The van der Waals surface area contributed by atoms with Crippen LogP contribution in [-0.2, 0) is 19.1 Å². The molecular formula is C41H52O16. The lowest BCUT2D eigenvalue weighted by molar-refractivity contribution is -0.126. The van der Waals surface area contributed by atoms with Crippen LogP contribution >= 0.6 is 0 Å². The Bertz CT molecular complexity index is 1990. The molecule has 1 fully saturated rings. The van der Waals surface area contributed by atoms with Gasteiger partial charge in [-0.2, -0.15) is 0 Å². The highest BCUT2D eigenvalue weighted by atomic mass is 16.5. The molecule has 4 aromatic rings. The van der Waals surface area contributed by atoms with Crippen molar-refractivity contribution in [1.82, 2.24) is 0 Å². The van der Waals surface area contributed by atoms with Crippen LogP contribution in [0, 0.1) is 5.92 Å².